The minimum absolute atomic E-state index is 0.212. The molecule has 0 aromatic heterocycles. The zero-order chi connectivity index (χ0) is 21.7. The number of rotatable bonds is 6. The van der Waals surface area contributed by atoms with Crippen LogP contribution in [0.3, 0.4) is 0 Å². The molecule has 2 aromatic rings. The molecule has 0 aliphatic carbocycles. The van der Waals surface area contributed by atoms with E-state index in [4.69, 9.17) is 18.9 Å². The van der Waals surface area contributed by atoms with Gasteiger partial charge < -0.3 is 18.9 Å². The summed E-state index contributed by atoms with van der Waals surface area (Å²) in [7, 11) is 0. The van der Waals surface area contributed by atoms with Gasteiger partial charge in [-0.1, -0.05) is 36.4 Å². The monoisotopic (exact) mass is 416 g/mol. The molecule has 0 amide bonds. The number of alkyl halides is 1. The first-order valence-electron chi connectivity index (χ1n) is 9.29. The predicted molar refractivity (Wildman–Crippen MR) is 102 cm³/mol. The summed E-state index contributed by atoms with van der Waals surface area (Å²) in [6, 6.07) is 16.2. The summed E-state index contributed by atoms with van der Waals surface area (Å²) in [6.07, 6.45) is -4.27. The molecule has 3 unspecified atom stereocenters. The van der Waals surface area contributed by atoms with E-state index in [-0.39, 0.29) is 5.56 Å². The third kappa shape index (κ3) is 4.83. The van der Waals surface area contributed by atoms with Gasteiger partial charge in [0.2, 0.25) is 12.0 Å². The number of benzene rings is 2. The number of hydrogen-bond acceptors (Lipinski definition) is 7. The number of hydrogen-bond donors (Lipinski definition) is 0. The highest BCUT2D eigenvalue weighted by Crippen LogP contribution is 2.38. The highest BCUT2D eigenvalue weighted by Gasteiger charge is 2.59. The fraction of sp³-hybridized carbons (Fsp3) is 0.318. The average molecular weight is 416 g/mol. The van der Waals surface area contributed by atoms with Gasteiger partial charge in [-0.05, 0) is 31.2 Å². The molecule has 0 saturated carbocycles. The van der Waals surface area contributed by atoms with E-state index in [1.54, 1.807) is 48.5 Å². The van der Waals surface area contributed by atoms with Gasteiger partial charge in [-0.2, -0.15) is 0 Å². The molecule has 1 aliphatic rings. The molecule has 158 valence electrons. The summed E-state index contributed by atoms with van der Waals surface area (Å²) >= 11 is 0. The maximum Gasteiger partial charge on any atom is 0.338 e. The SMILES string of the molecule is CC(=O)OC1OC(COC(=O)c2ccccc2)C(OC(=O)c2ccccc2)[C@@]1(C)F. The highest BCUT2D eigenvalue weighted by atomic mass is 19.1. The summed E-state index contributed by atoms with van der Waals surface area (Å²) in [5.41, 5.74) is -1.85. The molecule has 1 saturated heterocycles. The molecule has 30 heavy (non-hydrogen) atoms. The van der Waals surface area contributed by atoms with Crippen LogP contribution in [-0.4, -0.2) is 48.7 Å². The summed E-state index contributed by atoms with van der Waals surface area (Å²) in [5.74, 6) is -2.20. The van der Waals surface area contributed by atoms with Crippen molar-refractivity contribution in [2.45, 2.75) is 38.0 Å². The smallest absolute Gasteiger partial charge is 0.338 e. The molecule has 0 radical (unpaired) electrons. The Bertz CT molecular complexity index is 898. The summed E-state index contributed by atoms with van der Waals surface area (Å²) in [6.45, 7) is 1.80. The van der Waals surface area contributed by atoms with E-state index in [2.05, 4.69) is 0 Å². The van der Waals surface area contributed by atoms with Crippen molar-refractivity contribution in [2.24, 2.45) is 0 Å². The lowest BCUT2D eigenvalue weighted by molar-refractivity contribution is -0.193. The molecule has 3 rings (SSSR count). The van der Waals surface area contributed by atoms with Gasteiger partial charge in [0.05, 0.1) is 11.1 Å². The Kier molecular flexibility index (Phi) is 6.47. The summed E-state index contributed by atoms with van der Waals surface area (Å²) in [5, 5.41) is 0. The van der Waals surface area contributed by atoms with Crippen molar-refractivity contribution in [3.8, 4) is 0 Å². The molecule has 1 heterocycles. The standard InChI is InChI=1S/C22H21FO7/c1-14(24)28-21-22(2,23)18(30-20(26)16-11-7-4-8-12-16)17(29-21)13-27-19(25)15-9-5-3-6-10-15/h3-12,17-18,21H,13H2,1-2H3/t17?,18?,21?,22-/m1/s1. The van der Waals surface area contributed by atoms with Crippen molar-refractivity contribution in [1.29, 1.82) is 0 Å². The molecule has 1 aliphatic heterocycles. The minimum atomic E-state index is -2.36. The van der Waals surface area contributed by atoms with Crippen LogP contribution in [0.15, 0.2) is 60.7 Å². The quantitative estimate of drug-likeness (QED) is 0.528. The van der Waals surface area contributed by atoms with Crippen LogP contribution >= 0.6 is 0 Å². The second-order valence-corrected chi connectivity index (χ2v) is 6.92. The number of halogens is 1. The van der Waals surface area contributed by atoms with Crippen molar-refractivity contribution in [1.82, 2.24) is 0 Å². The summed E-state index contributed by atoms with van der Waals surface area (Å²) in [4.78, 5) is 36.0. The number of carbonyl (C=O) groups excluding carboxylic acids is 3. The Morgan fingerprint density at radius 2 is 1.47 bits per heavy atom. The molecule has 8 heteroatoms. The molecule has 0 spiro atoms. The van der Waals surface area contributed by atoms with E-state index >= 15 is 4.39 Å². The largest absolute Gasteiger partial charge is 0.459 e. The van der Waals surface area contributed by atoms with E-state index in [9.17, 15) is 14.4 Å². The Morgan fingerprint density at radius 1 is 0.933 bits per heavy atom. The van der Waals surface area contributed by atoms with Gasteiger partial charge in [-0.3, -0.25) is 4.79 Å². The number of ether oxygens (including phenoxy) is 4. The van der Waals surface area contributed by atoms with Crippen molar-refractivity contribution in [3.05, 3.63) is 71.8 Å². The van der Waals surface area contributed by atoms with Gasteiger partial charge in [-0.15, -0.1) is 0 Å². The first kappa shape index (κ1) is 21.4. The maximum absolute atomic E-state index is 15.5. The first-order chi connectivity index (χ1) is 14.3. The van der Waals surface area contributed by atoms with Gasteiger partial charge in [0.25, 0.3) is 0 Å². The topological polar surface area (TPSA) is 88.1 Å². The van der Waals surface area contributed by atoms with Crippen LogP contribution in [0.4, 0.5) is 4.39 Å². The number of esters is 3. The third-order valence-electron chi connectivity index (χ3n) is 4.56. The van der Waals surface area contributed by atoms with Crippen molar-refractivity contribution in [2.75, 3.05) is 6.61 Å². The Morgan fingerprint density at radius 3 is 2.00 bits per heavy atom. The van der Waals surface area contributed by atoms with Crippen molar-refractivity contribution >= 4 is 17.9 Å². The fourth-order valence-electron chi connectivity index (χ4n) is 3.05. The molecule has 0 N–H and O–H groups in total. The lowest BCUT2D eigenvalue weighted by Gasteiger charge is -2.26. The third-order valence-corrected chi connectivity index (χ3v) is 4.56. The Balaban J connectivity index is 1.76. The van der Waals surface area contributed by atoms with Crippen molar-refractivity contribution < 1.29 is 37.7 Å². The lowest BCUT2D eigenvalue weighted by Crippen LogP contribution is -2.46. The minimum Gasteiger partial charge on any atom is -0.459 e. The van der Waals surface area contributed by atoms with Gasteiger partial charge in [0, 0.05) is 6.92 Å². The Labute approximate surface area is 172 Å². The van der Waals surface area contributed by atoms with Gasteiger partial charge in [0.1, 0.15) is 12.7 Å². The molecule has 0 bridgehead atoms. The van der Waals surface area contributed by atoms with Crippen LogP contribution in [0.1, 0.15) is 34.6 Å². The Hall–Kier alpha value is -3.26. The zero-order valence-electron chi connectivity index (χ0n) is 16.4. The highest BCUT2D eigenvalue weighted by molar-refractivity contribution is 5.90. The van der Waals surface area contributed by atoms with Crippen LogP contribution in [0.2, 0.25) is 0 Å². The van der Waals surface area contributed by atoms with Gasteiger partial charge in [-0.25, -0.2) is 14.0 Å². The maximum atomic E-state index is 15.5. The van der Waals surface area contributed by atoms with Gasteiger partial charge in [0.15, 0.2) is 6.10 Å². The van der Waals surface area contributed by atoms with E-state index in [0.29, 0.717) is 5.56 Å². The van der Waals surface area contributed by atoms with Crippen LogP contribution < -0.4 is 0 Å². The predicted octanol–water partition coefficient (Wildman–Crippen LogP) is 3.09. The molecule has 4 atom stereocenters. The van der Waals surface area contributed by atoms with Crippen LogP contribution in [-0.2, 0) is 23.7 Å². The molecular weight excluding hydrogens is 395 g/mol. The normalized spacial score (nSPS) is 25.4. The van der Waals surface area contributed by atoms with Crippen LogP contribution in [0, 0.1) is 0 Å². The molecular formula is C22H21FO7. The van der Waals surface area contributed by atoms with Gasteiger partial charge >= 0.3 is 17.9 Å². The number of carbonyl (C=O) groups is 3. The average Bonchev–Trinajstić information content (AvgIpc) is 2.96. The summed E-state index contributed by atoms with van der Waals surface area (Å²) < 4.78 is 36.4. The van der Waals surface area contributed by atoms with Crippen LogP contribution in [0.25, 0.3) is 0 Å². The van der Waals surface area contributed by atoms with E-state index in [1.165, 1.54) is 12.1 Å². The second kappa shape index (κ2) is 9.04. The lowest BCUT2D eigenvalue weighted by atomic mass is 9.99. The van der Waals surface area contributed by atoms with E-state index < -0.39 is 48.7 Å². The molecule has 1 fully saturated rings. The molecule has 7 nitrogen and oxygen atoms in total. The van der Waals surface area contributed by atoms with Crippen molar-refractivity contribution in [3.63, 3.8) is 0 Å². The molecule has 2 aromatic carbocycles. The van der Waals surface area contributed by atoms with Crippen LogP contribution in [0.5, 0.6) is 0 Å². The van der Waals surface area contributed by atoms with E-state index in [0.717, 1.165) is 13.8 Å². The second-order valence-electron chi connectivity index (χ2n) is 6.92. The first-order valence-corrected chi connectivity index (χ1v) is 9.29. The zero-order valence-corrected chi connectivity index (χ0v) is 16.4. The van der Waals surface area contributed by atoms with E-state index in [1.807, 2.05) is 0 Å². The fourth-order valence-corrected chi connectivity index (χ4v) is 3.05.